The summed E-state index contributed by atoms with van der Waals surface area (Å²) in [5.41, 5.74) is 9.22. The van der Waals surface area contributed by atoms with Gasteiger partial charge in [0.25, 0.3) is 5.91 Å². The molecule has 0 aliphatic carbocycles. The summed E-state index contributed by atoms with van der Waals surface area (Å²) in [6, 6.07) is 16.0. The van der Waals surface area contributed by atoms with E-state index in [9.17, 15) is 4.79 Å². The first kappa shape index (κ1) is 14.5. The van der Waals surface area contributed by atoms with E-state index < -0.39 is 0 Å². The van der Waals surface area contributed by atoms with E-state index in [0.29, 0.717) is 6.54 Å². The summed E-state index contributed by atoms with van der Waals surface area (Å²) >= 11 is 2.21. The minimum absolute atomic E-state index is 0.0292. The van der Waals surface area contributed by atoms with Crippen LogP contribution >= 0.6 is 22.6 Å². The largest absolute Gasteiger partial charge is 0.330 e. The molecule has 0 radical (unpaired) electrons. The number of amides is 1. The maximum atomic E-state index is 12.9. The Bertz CT molecular complexity index is 671. The van der Waals surface area contributed by atoms with Gasteiger partial charge < -0.3 is 10.6 Å². The van der Waals surface area contributed by atoms with Gasteiger partial charge in [-0.05, 0) is 52.3 Å². The van der Waals surface area contributed by atoms with Gasteiger partial charge in [0.05, 0.1) is 11.6 Å². The number of halogens is 1. The van der Waals surface area contributed by atoms with Gasteiger partial charge in [0.15, 0.2) is 0 Å². The van der Waals surface area contributed by atoms with Gasteiger partial charge in [-0.1, -0.05) is 36.4 Å². The normalized spacial score (nSPS) is 17.4. The highest BCUT2D eigenvalue weighted by Gasteiger charge is 2.30. The summed E-state index contributed by atoms with van der Waals surface area (Å²) in [6.07, 6.45) is 0.891. The van der Waals surface area contributed by atoms with Crippen LogP contribution in [0.2, 0.25) is 0 Å². The number of nitrogens with zero attached hydrogens (tertiary/aromatic N) is 1. The van der Waals surface area contributed by atoms with E-state index in [1.807, 2.05) is 41.3 Å². The minimum atomic E-state index is -0.0292. The zero-order chi connectivity index (χ0) is 14.8. The highest BCUT2D eigenvalue weighted by atomic mass is 127. The standard InChI is InChI=1S/C17H17IN2O/c18-15-8-4-3-7-14(15)17(21)20-10-9-12-5-1-2-6-13(12)16(20)11-19/h1-8,16H,9-11,19H2. The molecule has 3 nitrogen and oxygen atoms in total. The lowest BCUT2D eigenvalue weighted by Crippen LogP contribution is -2.43. The number of rotatable bonds is 2. The molecule has 2 aromatic rings. The lowest BCUT2D eigenvalue weighted by molar-refractivity contribution is 0.0666. The van der Waals surface area contributed by atoms with Gasteiger partial charge in [-0.2, -0.15) is 0 Å². The van der Waals surface area contributed by atoms with E-state index in [1.54, 1.807) is 0 Å². The highest BCUT2D eigenvalue weighted by Crippen LogP contribution is 2.30. The van der Waals surface area contributed by atoms with Gasteiger partial charge in [0.2, 0.25) is 0 Å². The molecule has 0 saturated heterocycles. The molecule has 108 valence electrons. The Balaban J connectivity index is 1.96. The molecule has 2 N–H and O–H groups in total. The molecule has 4 heteroatoms. The summed E-state index contributed by atoms with van der Waals surface area (Å²) in [6.45, 7) is 1.18. The van der Waals surface area contributed by atoms with Crippen molar-refractivity contribution in [1.29, 1.82) is 0 Å². The van der Waals surface area contributed by atoms with Crippen molar-refractivity contribution in [1.82, 2.24) is 4.90 Å². The number of hydrogen-bond donors (Lipinski definition) is 1. The van der Waals surface area contributed by atoms with E-state index in [2.05, 4.69) is 34.7 Å². The molecule has 0 spiro atoms. The van der Waals surface area contributed by atoms with Crippen LogP contribution in [0.1, 0.15) is 27.5 Å². The first-order chi connectivity index (χ1) is 10.2. The minimum Gasteiger partial charge on any atom is -0.330 e. The molecular formula is C17H17IN2O. The third-order valence-corrected chi connectivity index (χ3v) is 4.94. The third-order valence-electron chi connectivity index (χ3n) is 4.00. The molecule has 1 amide bonds. The Morgan fingerprint density at radius 2 is 1.90 bits per heavy atom. The van der Waals surface area contributed by atoms with Crippen LogP contribution in [0.15, 0.2) is 48.5 Å². The summed E-state index contributed by atoms with van der Waals surface area (Å²) in [4.78, 5) is 14.8. The van der Waals surface area contributed by atoms with Crippen molar-refractivity contribution in [3.63, 3.8) is 0 Å². The predicted octanol–water partition coefficient (Wildman–Crippen LogP) is 2.99. The molecule has 21 heavy (non-hydrogen) atoms. The maximum Gasteiger partial charge on any atom is 0.255 e. The summed E-state index contributed by atoms with van der Waals surface area (Å²) in [5.74, 6) is 0.0740. The first-order valence-electron chi connectivity index (χ1n) is 7.05. The fourth-order valence-electron chi connectivity index (χ4n) is 2.94. The van der Waals surface area contributed by atoms with E-state index in [0.717, 1.165) is 22.1 Å². The van der Waals surface area contributed by atoms with Crippen LogP contribution in [0.25, 0.3) is 0 Å². The van der Waals surface area contributed by atoms with Crippen LogP contribution in [0.5, 0.6) is 0 Å². The molecule has 2 aromatic carbocycles. The monoisotopic (exact) mass is 392 g/mol. The average Bonchev–Trinajstić information content (AvgIpc) is 2.53. The Kier molecular flexibility index (Phi) is 4.26. The molecular weight excluding hydrogens is 375 g/mol. The molecule has 1 heterocycles. The number of benzene rings is 2. The quantitative estimate of drug-likeness (QED) is 0.799. The molecule has 1 atom stereocenters. The lowest BCUT2D eigenvalue weighted by atomic mass is 9.92. The zero-order valence-electron chi connectivity index (χ0n) is 11.6. The second-order valence-corrected chi connectivity index (χ2v) is 6.34. The lowest BCUT2D eigenvalue weighted by Gasteiger charge is -2.37. The zero-order valence-corrected chi connectivity index (χ0v) is 13.8. The number of fused-ring (bicyclic) bond motifs is 1. The number of carbonyl (C=O) groups is 1. The third kappa shape index (κ3) is 2.70. The van der Waals surface area contributed by atoms with Crippen molar-refractivity contribution in [2.24, 2.45) is 5.73 Å². The Morgan fingerprint density at radius 1 is 1.19 bits per heavy atom. The first-order valence-corrected chi connectivity index (χ1v) is 8.13. The second-order valence-electron chi connectivity index (χ2n) is 5.18. The van der Waals surface area contributed by atoms with Gasteiger partial charge in [0.1, 0.15) is 0 Å². The van der Waals surface area contributed by atoms with E-state index in [4.69, 9.17) is 5.73 Å². The van der Waals surface area contributed by atoms with Crippen molar-refractivity contribution in [2.45, 2.75) is 12.5 Å². The van der Waals surface area contributed by atoms with Crippen molar-refractivity contribution < 1.29 is 4.79 Å². The Labute approximate surface area is 138 Å². The fourth-order valence-corrected chi connectivity index (χ4v) is 3.56. The van der Waals surface area contributed by atoms with Crippen molar-refractivity contribution in [2.75, 3.05) is 13.1 Å². The molecule has 3 rings (SSSR count). The molecule has 0 bridgehead atoms. The average molecular weight is 392 g/mol. The highest BCUT2D eigenvalue weighted by molar-refractivity contribution is 14.1. The maximum absolute atomic E-state index is 12.9. The second kappa shape index (κ2) is 6.15. The van der Waals surface area contributed by atoms with Crippen molar-refractivity contribution >= 4 is 28.5 Å². The van der Waals surface area contributed by atoms with Crippen LogP contribution in [0.3, 0.4) is 0 Å². The van der Waals surface area contributed by atoms with E-state index in [-0.39, 0.29) is 11.9 Å². The number of nitrogens with two attached hydrogens (primary N) is 1. The van der Waals surface area contributed by atoms with Crippen molar-refractivity contribution in [3.05, 3.63) is 68.8 Å². The summed E-state index contributed by atoms with van der Waals surface area (Å²) < 4.78 is 0.981. The Morgan fingerprint density at radius 3 is 2.67 bits per heavy atom. The molecule has 0 fully saturated rings. The number of carbonyl (C=O) groups excluding carboxylic acids is 1. The smallest absolute Gasteiger partial charge is 0.255 e. The van der Waals surface area contributed by atoms with E-state index >= 15 is 0 Å². The van der Waals surface area contributed by atoms with Crippen LogP contribution < -0.4 is 5.73 Å². The number of hydrogen-bond acceptors (Lipinski definition) is 2. The van der Waals surface area contributed by atoms with Crippen LogP contribution in [0, 0.1) is 3.57 Å². The molecule has 0 aromatic heterocycles. The Hall–Kier alpha value is -1.40. The predicted molar refractivity (Wildman–Crippen MR) is 92.1 cm³/mol. The van der Waals surface area contributed by atoms with Crippen LogP contribution in [-0.4, -0.2) is 23.9 Å². The molecule has 0 saturated carbocycles. The fraction of sp³-hybridized carbons (Fsp3) is 0.235. The van der Waals surface area contributed by atoms with Crippen LogP contribution in [-0.2, 0) is 6.42 Å². The van der Waals surface area contributed by atoms with Gasteiger partial charge in [-0.25, -0.2) is 0 Å². The molecule has 1 unspecified atom stereocenters. The SMILES string of the molecule is NCC1c2ccccc2CCN1C(=O)c1ccccc1I. The molecule has 1 aliphatic heterocycles. The topological polar surface area (TPSA) is 46.3 Å². The van der Waals surface area contributed by atoms with Gasteiger partial charge in [-0.3, -0.25) is 4.79 Å². The van der Waals surface area contributed by atoms with Gasteiger partial charge >= 0.3 is 0 Å². The summed E-state index contributed by atoms with van der Waals surface area (Å²) in [7, 11) is 0. The van der Waals surface area contributed by atoms with Crippen LogP contribution in [0.4, 0.5) is 0 Å². The molecule has 1 aliphatic rings. The van der Waals surface area contributed by atoms with E-state index in [1.165, 1.54) is 11.1 Å². The van der Waals surface area contributed by atoms with Crippen molar-refractivity contribution in [3.8, 4) is 0 Å². The summed E-state index contributed by atoms with van der Waals surface area (Å²) in [5, 5.41) is 0. The van der Waals surface area contributed by atoms with Gasteiger partial charge in [-0.15, -0.1) is 0 Å². The van der Waals surface area contributed by atoms with Gasteiger partial charge in [0, 0.05) is 16.7 Å².